The molecule has 1 rings (SSSR count). The molecule has 0 aliphatic rings. The van der Waals surface area contributed by atoms with Crippen molar-refractivity contribution in [2.45, 2.75) is 11.2 Å². The smallest absolute Gasteiger partial charge is 0.326 e. The van der Waals surface area contributed by atoms with Crippen LogP contribution in [0.25, 0.3) is 0 Å². The standard InChI is InChI=1S/C10H10Br2O2/c1-10(12,9(13)14-2)7-3-5-8(11)6-4-7/h3-6H,1-2H3. The van der Waals surface area contributed by atoms with Crippen molar-refractivity contribution in [1.82, 2.24) is 0 Å². The van der Waals surface area contributed by atoms with Crippen LogP contribution in [0.4, 0.5) is 0 Å². The number of carbonyl (C=O) groups excluding carboxylic acids is 1. The second-order valence-corrected chi connectivity index (χ2v) is 5.50. The fourth-order valence-electron chi connectivity index (χ4n) is 1.07. The van der Waals surface area contributed by atoms with Crippen molar-refractivity contribution in [2.75, 3.05) is 7.11 Å². The molecule has 1 atom stereocenters. The predicted molar refractivity (Wildman–Crippen MR) is 62.4 cm³/mol. The van der Waals surface area contributed by atoms with Crippen molar-refractivity contribution in [3.63, 3.8) is 0 Å². The highest BCUT2D eigenvalue weighted by Crippen LogP contribution is 2.32. The van der Waals surface area contributed by atoms with Gasteiger partial charge in [0.2, 0.25) is 0 Å². The van der Waals surface area contributed by atoms with Crippen molar-refractivity contribution < 1.29 is 9.53 Å². The maximum absolute atomic E-state index is 11.4. The Hall–Kier alpha value is -0.350. The summed E-state index contributed by atoms with van der Waals surface area (Å²) in [6.07, 6.45) is 0. The largest absolute Gasteiger partial charge is 0.468 e. The lowest BCUT2D eigenvalue weighted by Gasteiger charge is -2.19. The zero-order chi connectivity index (χ0) is 10.8. The Morgan fingerprint density at radius 3 is 2.29 bits per heavy atom. The molecule has 0 saturated heterocycles. The molecule has 1 unspecified atom stereocenters. The second-order valence-electron chi connectivity index (χ2n) is 3.00. The normalized spacial score (nSPS) is 14.6. The molecule has 4 heteroatoms. The van der Waals surface area contributed by atoms with E-state index in [4.69, 9.17) is 4.74 Å². The molecule has 0 spiro atoms. The monoisotopic (exact) mass is 320 g/mol. The van der Waals surface area contributed by atoms with Gasteiger partial charge in [0, 0.05) is 4.47 Å². The van der Waals surface area contributed by atoms with Gasteiger partial charge in [0.05, 0.1) is 7.11 Å². The fraction of sp³-hybridized carbons (Fsp3) is 0.300. The molecule has 14 heavy (non-hydrogen) atoms. The zero-order valence-corrected chi connectivity index (χ0v) is 11.1. The highest BCUT2D eigenvalue weighted by atomic mass is 79.9. The first kappa shape index (κ1) is 11.7. The highest BCUT2D eigenvalue weighted by molar-refractivity contribution is 9.10. The molecule has 0 radical (unpaired) electrons. The predicted octanol–water partition coefficient (Wildman–Crippen LogP) is 3.23. The van der Waals surface area contributed by atoms with Gasteiger partial charge < -0.3 is 4.74 Å². The first-order chi connectivity index (χ1) is 6.48. The minimum absolute atomic E-state index is 0.306. The van der Waals surface area contributed by atoms with Crippen LogP contribution in [-0.4, -0.2) is 13.1 Å². The molecule has 2 nitrogen and oxygen atoms in total. The molecule has 0 aromatic heterocycles. The van der Waals surface area contributed by atoms with E-state index in [0.29, 0.717) is 0 Å². The minimum atomic E-state index is -0.775. The van der Waals surface area contributed by atoms with Gasteiger partial charge in [-0.25, -0.2) is 0 Å². The van der Waals surface area contributed by atoms with Crippen LogP contribution in [-0.2, 0) is 13.9 Å². The van der Waals surface area contributed by atoms with Gasteiger partial charge in [-0.1, -0.05) is 44.0 Å². The summed E-state index contributed by atoms with van der Waals surface area (Å²) < 4.78 is 4.91. The Labute approximate surface area is 99.9 Å². The van der Waals surface area contributed by atoms with Gasteiger partial charge in [-0.05, 0) is 24.6 Å². The van der Waals surface area contributed by atoms with Crippen molar-refractivity contribution in [3.05, 3.63) is 34.3 Å². The number of rotatable bonds is 2. The maximum atomic E-state index is 11.4. The topological polar surface area (TPSA) is 26.3 Å². The molecule has 0 N–H and O–H groups in total. The van der Waals surface area contributed by atoms with Crippen LogP contribution in [0, 0.1) is 0 Å². The first-order valence-electron chi connectivity index (χ1n) is 4.02. The van der Waals surface area contributed by atoms with Crippen molar-refractivity contribution in [2.24, 2.45) is 0 Å². The number of benzene rings is 1. The maximum Gasteiger partial charge on any atom is 0.326 e. The SMILES string of the molecule is COC(=O)C(C)(Br)c1ccc(Br)cc1. The average Bonchev–Trinajstić information content (AvgIpc) is 2.17. The van der Waals surface area contributed by atoms with Gasteiger partial charge in [-0.15, -0.1) is 0 Å². The molecule has 0 aliphatic heterocycles. The Bertz CT molecular complexity index is 330. The van der Waals surface area contributed by atoms with Crippen LogP contribution < -0.4 is 0 Å². The summed E-state index contributed by atoms with van der Waals surface area (Å²) in [4.78, 5) is 11.4. The van der Waals surface area contributed by atoms with Gasteiger partial charge in [0.1, 0.15) is 4.32 Å². The van der Waals surface area contributed by atoms with E-state index < -0.39 is 4.32 Å². The summed E-state index contributed by atoms with van der Waals surface area (Å²) in [5.74, 6) is -0.306. The van der Waals surface area contributed by atoms with E-state index in [1.807, 2.05) is 24.3 Å². The van der Waals surface area contributed by atoms with Crippen LogP contribution in [0.3, 0.4) is 0 Å². The second kappa shape index (κ2) is 4.45. The number of methoxy groups -OCH3 is 1. The Morgan fingerprint density at radius 1 is 1.36 bits per heavy atom. The number of ether oxygens (including phenoxy) is 1. The van der Waals surface area contributed by atoms with E-state index in [2.05, 4.69) is 31.9 Å². The number of halogens is 2. The molecule has 0 bridgehead atoms. The van der Waals surface area contributed by atoms with Crippen LogP contribution in [0.1, 0.15) is 12.5 Å². The fourth-order valence-corrected chi connectivity index (χ4v) is 1.76. The molecule has 0 fully saturated rings. The molecule has 1 aromatic rings. The lowest BCUT2D eigenvalue weighted by Crippen LogP contribution is -2.26. The summed E-state index contributed by atoms with van der Waals surface area (Å²) in [5.41, 5.74) is 0.868. The van der Waals surface area contributed by atoms with Gasteiger partial charge in [0.25, 0.3) is 0 Å². The van der Waals surface area contributed by atoms with Crippen LogP contribution in [0.15, 0.2) is 28.7 Å². The molecule has 0 heterocycles. The van der Waals surface area contributed by atoms with E-state index in [1.54, 1.807) is 6.92 Å². The lowest BCUT2D eigenvalue weighted by atomic mass is 10.0. The van der Waals surface area contributed by atoms with E-state index in [9.17, 15) is 4.79 Å². The third kappa shape index (κ3) is 2.36. The third-order valence-corrected chi connectivity index (χ3v) is 3.27. The van der Waals surface area contributed by atoms with Crippen LogP contribution in [0.5, 0.6) is 0 Å². The number of carbonyl (C=O) groups is 1. The quantitative estimate of drug-likeness (QED) is 0.617. The van der Waals surface area contributed by atoms with Gasteiger partial charge in [-0.3, -0.25) is 4.79 Å². The molecule has 0 saturated carbocycles. The number of hydrogen-bond acceptors (Lipinski definition) is 2. The van der Waals surface area contributed by atoms with Gasteiger partial charge in [-0.2, -0.15) is 0 Å². The molecule has 0 aliphatic carbocycles. The number of hydrogen-bond donors (Lipinski definition) is 0. The number of alkyl halides is 1. The summed E-state index contributed by atoms with van der Waals surface area (Å²) in [6, 6.07) is 7.51. The summed E-state index contributed by atoms with van der Waals surface area (Å²) in [7, 11) is 1.38. The van der Waals surface area contributed by atoms with E-state index in [1.165, 1.54) is 7.11 Å². The molecule has 76 valence electrons. The van der Waals surface area contributed by atoms with E-state index in [0.717, 1.165) is 10.0 Å². The van der Waals surface area contributed by atoms with E-state index in [-0.39, 0.29) is 5.97 Å². The zero-order valence-electron chi connectivity index (χ0n) is 7.88. The van der Waals surface area contributed by atoms with Crippen molar-refractivity contribution in [3.8, 4) is 0 Å². The van der Waals surface area contributed by atoms with E-state index >= 15 is 0 Å². The highest BCUT2D eigenvalue weighted by Gasteiger charge is 2.32. The average molecular weight is 322 g/mol. The summed E-state index contributed by atoms with van der Waals surface area (Å²) in [6.45, 7) is 1.77. The molecule has 0 amide bonds. The molecular weight excluding hydrogens is 312 g/mol. The third-order valence-electron chi connectivity index (χ3n) is 1.96. The lowest BCUT2D eigenvalue weighted by molar-refractivity contribution is -0.143. The van der Waals surface area contributed by atoms with Crippen LogP contribution in [0.2, 0.25) is 0 Å². The van der Waals surface area contributed by atoms with Crippen molar-refractivity contribution >= 4 is 37.8 Å². The minimum Gasteiger partial charge on any atom is -0.468 e. The first-order valence-corrected chi connectivity index (χ1v) is 5.60. The Balaban J connectivity index is 3.03. The van der Waals surface area contributed by atoms with Gasteiger partial charge >= 0.3 is 5.97 Å². The summed E-state index contributed by atoms with van der Waals surface area (Å²) in [5, 5.41) is 0. The Morgan fingerprint density at radius 2 is 1.86 bits per heavy atom. The number of esters is 1. The molecule has 1 aromatic carbocycles. The van der Waals surface area contributed by atoms with Gasteiger partial charge in [0.15, 0.2) is 0 Å². The Kier molecular flexibility index (Phi) is 3.72. The van der Waals surface area contributed by atoms with Crippen molar-refractivity contribution in [1.29, 1.82) is 0 Å². The summed E-state index contributed by atoms with van der Waals surface area (Å²) >= 11 is 6.69. The molecular formula is C10H10Br2O2. The van der Waals surface area contributed by atoms with Crippen LogP contribution >= 0.6 is 31.9 Å².